The molecule has 3 aromatic rings. The summed E-state index contributed by atoms with van der Waals surface area (Å²) in [5, 5.41) is 1.41. The summed E-state index contributed by atoms with van der Waals surface area (Å²) in [5.74, 6) is -4.99. The summed E-state index contributed by atoms with van der Waals surface area (Å²) < 4.78 is 58.8. The molecule has 334 valence electrons. The molecule has 12 nitrogen and oxygen atoms in total. The number of ketones is 1. The predicted octanol–water partition coefficient (Wildman–Crippen LogP) is 6.87. The number of carbonyl (C=O) groups excluding carboxylic acids is 3. The lowest BCUT2D eigenvalue weighted by Crippen LogP contribution is -2.81. The number of hydrogen-bond donors (Lipinski definition) is 0. The number of fused-ring (bicyclic) bond motifs is 2. The molecular formula is C47H66O12Si2. The van der Waals surface area contributed by atoms with Crippen molar-refractivity contribution in [3.8, 4) is 0 Å². The van der Waals surface area contributed by atoms with Gasteiger partial charge in [-0.1, -0.05) is 112 Å². The monoisotopic (exact) mass is 878 g/mol. The number of benzene rings is 3. The Morgan fingerprint density at radius 3 is 1.72 bits per heavy atom. The van der Waals surface area contributed by atoms with Crippen LogP contribution in [0, 0.1) is 0 Å². The Labute approximate surface area is 364 Å². The molecule has 61 heavy (non-hydrogen) atoms. The Morgan fingerprint density at radius 1 is 0.738 bits per heavy atom. The zero-order chi connectivity index (χ0) is 45.1. The van der Waals surface area contributed by atoms with Crippen molar-refractivity contribution >= 4 is 44.7 Å². The predicted molar refractivity (Wildman–Crippen MR) is 236 cm³/mol. The first-order valence-corrected chi connectivity index (χ1v) is 26.3. The van der Waals surface area contributed by atoms with Crippen LogP contribution in [0.2, 0.25) is 24.7 Å². The van der Waals surface area contributed by atoms with Gasteiger partial charge in [-0.05, 0) is 82.2 Å². The van der Waals surface area contributed by atoms with Gasteiger partial charge in [0.05, 0.1) is 19.8 Å². The van der Waals surface area contributed by atoms with Gasteiger partial charge in [0.25, 0.3) is 8.32 Å². The van der Waals surface area contributed by atoms with Gasteiger partial charge in [0.2, 0.25) is 22.8 Å². The van der Waals surface area contributed by atoms with E-state index in [-0.39, 0.29) is 33.0 Å². The summed E-state index contributed by atoms with van der Waals surface area (Å²) in [5.41, 5.74) is -6.71. The van der Waals surface area contributed by atoms with E-state index in [0.717, 1.165) is 10.4 Å². The Hall–Kier alpha value is -3.58. The summed E-state index contributed by atoms with van der Waals surface area (Å²) in [6.07, 6.45) is -3.53. The summed E-state index contributed by atoms with van der Waals surface area (Å²) in [6.45, 7) is 21.6. The highest BCUT2D eigenvalue weighted by Crippen LogP contribution is 2.57. The largest absolute Gasteiger partial charge is 0.458 e. The van der Waals surface area contributed by atoms with E-state index < -0.39 is 79.8 Å². The summed E-state index contributed by atoms with van der Waals surface area (Å²) in [4.78, 5) is 46.8. The third-order valence-corrected chi connectivity index (χ3v) is 16.4. The van der Waals surface area contributed by atoms with Gasteiger partial charge in [-0.3, -0.25) is 4.79 Å². The van der Waals surface area contributed by atoms with E-state index in [1.807, 2.05) is 111 Å². The minimum absolute atomic E-state index is 0.0869. The zero-order valence-corrected chi connectivity index (χ0v) is 40.2. The van der Waals surface area contributed by atoms with E-state index in [2.05, 4.69) is 20.8 Å². The lowest BCUT2D eigenvalue weighted by atomic mass is 9.74. The van der Waals surface area contributed by atoms with Crippen molar-refractivity contribution in [3.63, 3.8) is 0 Å². The molecule has 0 amide bonds. The number of ether oxygens (including phenoxy) is 7. The fourth-order valence-corrected chi connectivity index (χ4v) is 14.1. The van der Waals surface area contributed by atoms with Crippen LogP contribution >= 0.6 is 0 Å². The Kier molecular flexibility index (Phi) is 14.5. The van der Waals surface area contributed by atoms with Crippen molar-refractivity contribution in [2.75, 3.05) is 27.1 Å². The van der Waals surface area contributed by atoms with E-state index >= 15 is 14.4 Å². The number of esters is 2. The first kappa shape index (κ1) is 48.5. The lowest BCUT2D eigenvalue weighted by molar-refractivity contribution is -0.370. The Balaban J connectivity index is 1.87. The molecule has 5 rings (SSSR count). The van der Waals surface area contributed by atoms with Gasteiger partial charge in [0.15, 0.2) is 14.4 Å². The van der Waals surface area contributed by atoms with Gasteiger partial charge < -0.3 is 42.0 Å². The average molecular weight is 879 g/mol. The third-order valence-electron chi connectivity index (χ3n) is 10.4. The minimum Gasteiger partial charge on any atom is -0.458 e. The van der Waals surface area contributed by atoms with Gasteiger partial charge in [-0.2, -0.15) is 0 Å². The zero-order valence-electron chi connectivity index (χ0n) is 38.2. The molecule has 0 aliphatic carbocycles. The summed E-state index contributed by atoms with van der Waals surface area (Å²) >= 11 is 0. The van der Waals surface area contributed by atoms with Crippen molar-refractivity contribution < 1.29 is 56.4 Å². The maximum Gasteiger partial charge on any atom is 0.346 e. The Morgan fingerprint density at radius 2 is 1.25 bits per heavy atom. The molecule has 3 unspecified atom stereocenters. The fraction of sp³-hybridized carbons (Fsp3) is 0.553. The number of carbonyl (C=O) groups is 3. The van der Waals surface area contributed by atoms with Crippen LogP contribution < -0.4 is 10.4 Å². The SMILES string of the molecule is COCOCCC12OC(CO[Si](c3ccccc3)(c3ccccc3)C(C)(C)C)C(O[Si](C)(C)C)(C(=O)OC(C)(C)C)[C@](C(=O)OC(C)(C)C)(O1)[C@H](OCc1ccccc1)C2=O. The summed E-state index contributed by atoms with van der Waals surface area (Å²) in [7, 11) is -4.96. The van der Waals surface area contributed by atoms with Crippen LogP contribution in [0.1, 0.15) is 74.3 Å². The maximum absolute atomic E-state index is 15.7. The van der Waals surface area contributed by atoms with Crippen LogP contribution in [0.3, 0.4) is 0 Å². The van der Waals surface area contributed by atoms with Crippen LogP contribution in [0.25, 0.3) is 0 Å². The second-order valence-electron chi connectivity index (χ2n) is 19.7. The minimum atomic E-state index is -3.39. The standard InChI is InChI=1S/C47H66O12Si2/c1-42(2,3)56-40(49)46(59-60(11,12)13)37(32-54-61(44(7,8)9,35-25-19-15-20-26-35)36-27-21-16-22-28-36)55-45(29-30-52-33-51-10)38(48)39(53-31-34-23-17-14-18-24-34)47(46,58-45)41(50)57-43(4,5)6/h14-28,37,39H,29-33H2,1-13H3/t37?,39-,45?,46?,47+/m1/s1. The van der Waals surface area contributed by atoms with Gasteiger partial charge in [-0.25, -0.2) is 9.59 Å². The third kappa shape index (κ3) is 9.98. The summed E-state index contributed by atoms with van der Waals surface area (Å²) in [6, 6.07) is 29.2. The van der Waals surface area contributed by atoms with Crippen LogP contribution in [-0.2, 0) is 63.0 Å². The smallest absolute Gasteiger partial charge is 0.346 e. The van der Waals surface area contributed by atoms with E-state index in [0.29, 0.717) is 5.56 Å². The van der Waals surface area contributed by atoms with Crippen LogP contribution in [-0.4, -0.2) is 102 Å². The molecule has 3 aromatic carbocycles. The quantitative estimate of drug-likeness (QED) is 0.0607. The molecule has 14 heteroatoms. The van der Waals surface area contributed by atoms with Crippen LogP contribution in [0.5, 0.6) is 0 Å². The molecule has 0 aromatic heterocycles. The van der Waals surface area contributed by atoms with E-state index in [9.17, 15) is 0 Å². The van der Waals surface area contributed by atoms with Crippen molar-refractivity contribution in [1.82, 2.24) is 0 Å². The number of methoxy groups -OCH3 is 1. The molecule has 2 aliphatic heterocycles. The van der Waals surface area contributed by atoms with Gasteiger partial charge in [-0.15, -0.1) is 0 Å². The molecule has 0 N–H and O–H groups in total. The van der Waals surface area contributed by atoms with Crippen molar-refractivity contribution in [2.24, 2.45) is 0 Å². The van der Waals surface area contributed by atoms with E-state index in [4.69, 9.17) is 42.0 Å². The topological polar surface area (TPSA) is 134 Å². The van der Waals surface area contributed by atoms with Crippen molar-refractivity contribution in [1.29, 1.82) is 0 Å². The normalized spacial score (nSPS) is 24.7. The molecule has 5 atom stereocenters. The molecular weight excluding hydrogens is 813 g/mol. The van der Waals surface area contributed by atoms with Gasteiger partial charge >= 0.3 is 11.9 Å². The number of Topliss-reactive ketones (excluding diaryl/α,β-unsaturated/α-hetero) is 1. The highest BCUT2D eigenvalue weighted by molar-refractivity contribution is 6.99. The molecule has 0 radical (unpaired) electrons. The maximum atomic E-state index is 15.7. The number of rotatable bonds is 17. The molecule has 2 fully saturated rings. The van der Waals surface area contributed by atoms with Crippen LogP contribution in [0.15, 0.2) is 91.0 Å². The second kappa shape index (κ2) is 18.3. The molecule has 2 saturated heterocycles. The molecule has 2 heterocycles. The molecule has 2 aliphatic rings. The highest BCUT2D eigenvalue weighted by atomic mass is 28.4. The van der Waals surface area contributed by atoms with Crippen LogP contribution in [0.4, 0.5) is 0 Å². The highest BCUT2D eigenvalue weighted by Gasteiger charge is 2.86. The van der Waals surface area contributed by atoms with E-state index in [1.54, 1.807) is 41.5 Å². The van der Waals surface area contributed by atoms with Crippen molar-refractivity contribution in [3.05, 3.63) is 96.6 Å². The first-order valence-electron chi connectivity index (χ1n) is 20.9. The average Bonchev–Trinajstić information content (AvgIpc) is 3.38. The van der Waals surface area contributed by atoms with E-state index in [1.165, 1.54) is 7.11 Å². The molecule has 0 spiro atoms. The fourth-order valence-electron chi connectivity index (χ4n) is 8.25. The first-order chi connectivity index (χ1) is 28.4. The van der Waals surface area contributed by atoms with Gasteiger partial charge in [0, 0.05) is 13.5 Å². The number of hydrogen-bond acceptors (Lipinski definition) is 12. The van der Waals surface area contributed by atoms with Gasteiger partial charge in [0.1, 0.15) is 24.1 Å². The molecule has 0 saturated carbocycles. The van der Waals surface area contributed by atoms with Crippen molar-refractivity contribution in [2.45, 2.75) is 140 Å². The molecule has 2 bridgehead atoms. The Bertz CT molecular complexity index is 1910. The lowest BCUT2D eigenvalue weighted by Gasteiger charge is -2.56. The second-order valence-corrected chi connectivity index (χ2v) is 28.5.